The smallest absolute Gasteiger partial charge is 0.323 e. The van der Waals surface area contributed by atoms with Gasteiger partial charge >= 0.3 is 6.01 Å². The third kappa shape index (κ3) is 5.90. The lowest BCUT2D eigenvalue weighted by Crippen LogP contribution is -2.11. The molecular weight excluding hydrogens is 250 g/mol. The molecule has 0 amide bonds. The Morgan fingerprint density at radius 1 is 1.28 bits per heavy atom. The van der Waals surface area contributed by atoms with Gasteiger partial charge in [0.15, 0.2) is 0 Å². The molecule has 3 N–H and O–H groups in total. The zero-order chi connectivity index (χ0) is 13.2. The Hall–Kier alpha value is -1.24. The lowest BCUT2D eigenvalue weighted by molar-refractivity contribution is 0.292. The van der Waals surface area contributed by atoms with Crippen LogP contribution >= 0.6 is 11.8 Å². The Kier molecular flexibility index (Phi) is 7.24. The summed E-state index contributed by atoms with van der Waals surface area (Å²) in [4.78, 5) is 12.1. The second-order valence-corrected chi connectivity index (χ2v) is 5.02. The van der Waals surface area contributed by atoms with E-state index in [4.69, 9.17) is 10.5 Å². The minimum absolute atomic E-state index is 0.182. The van der Waals surface area contributed by atoms with Gasteiger partial charge in [0.2, 0.25) is 11.9 Å². The fraction of sp³-hybridized carbons (Fsp3) is 0.727. The van der Waals surface area contributed by atoms with Crippen molar-refractivity contribution in [2.24, 2.45) is 0 Å². The van der Waals surface area contributed by atoms with Crippen LogP contribution in [0.25, 0.3) is 0 Å². The van der Waals surface area contributed by atoms with E-state index in [-0.39, 0.29) is 12.0 Å². The van der Waals surface area contributed by atoms with Crippen LogP contribution in [0.15, 0.2) is 0 Å². The number of nitrogens with one attached hydrogen (secondary N) is 1. The number of nitrogen functional groups attached to an aromatic ring is 1. The number of hydrogen-bond donors (Lipinski definition) is 2. The van der Waals surface area contributed by atoms with Gasteiger partial charge in [0.05, 0.1) is 6.61 Å². The van der Waals surface area contributed by atoms with Gasteiger partial charge in [-0.2, -0.15) is 26.7 Å². The molecule has 0 aromatic carbocycles. The average Bonchev–Trinajstić information content (AvgIpc) is 2.35. The van der Waals surface area contributed by atoms with Gasteiger partial charge in [0, 0.05) is 6.54 Å². The third-order valence-electron chi connectivity index (χ3n) is 2.02. The highest BCUT2D eigenvalue weighted by atomic mass is 32.2. The number of thioether (sulfide) groups is 1. The fourth-order valence-electron chi connectivity index (χ4n) is 1.23. The molecule has 6 nitrogen and oxygen atoms in total. The van der Waals surface area contributed by atoms with Crippen molar-refractivity contribution >= 4 is 23.7 Å². The maximum absolute atomic E-state index is 5.60. The van der Waals surface area contributed by atoms with Gasteiger partial charge in [-0.15, -0.1) is 0 Å². The maximum atomic E-state index is 5.60. The average molecular weight is 271 g/mol. The van der Waals surface area contributed by atoms with E-state index in [1.165, 1.54) is 0 Å². The SMILES string of the molecule is CCCOc1nc(N)nc(NCCCSCC)n1. The second-order valence-electron chi connectivity index (χ2n) is 3.63. The highest BCUT2D eigenvalue weighted by Gasteiger charge is 2.04. The summed E-state index contributed by atoms with van der Waals surface area (Å²) < 4.78 is 5.34. The minimum Gasteiger partial charge on any atom is -0.463 e. The number of aromatic nitrogens is 3. The first-order valence-corrected chi connectivity index (χ1v) is 7.37. The van der Waals surface area contributed by atoms with E-state index < -0.39 is 0 Å². The second kappa shape index (κ2) is 8.79. The third-order valence-corrected chi connectivity index (χ3v) is 3.01. The molecule has 0 radical (unpaired) electrons. The van der Waals surface area contributed by atoms with Crippen molar-refractivity contribution in [2.45, 2.75) is 26.7 Å². The lowest BCUT2D eigenvalue weighted by atomic mass is 10.5. The van der Waals surface area contributed by atoms with Crippen molar-refractivity contribution in [3.8, 4) is 6.01 Å². The summed E-state index contributed by atoms with van der Waals surface area (Å²) in [5.74, 6) is 2.94. The van der Waals surface area contributed by atoms with Crippen molar-refractivity contribution in [3.05, 3.63) is 0 Å². The Morgan fingerprint density at radius 3 is 2.83 bits per heavy atom. The van der Waals surface area contributed by atoms with Crippen molar-refractivity contribution in [1.29, 1.82) is 0 Å². The van der Waals surface area contributed by atoms with E-state index in [0.29, 0.717) is 12.6 Å². The molecule has 0 saturated heterocycles. The van der Waals surface area contributed by atoms with Gasteiger partial charge in [-0.1, -0.05) is 13.8 Å². The Labute approximate surface area is 112 Å². The van der Waals surface area contributed by atoms with Crippen LogP contribution in [-0.2, 0) is 0 Å². The molecule has 0 aliphatic heterocycles. The molecular formula is C11H21N5OS. The highest BCUT2D eigenvalue weighted by Crippen LogP contribution is 2.09. The normalized spacial score (nSPS) is 10.3. The van der Waals surface area contributed by atoms with E-state index in [2.05, 4.69) is 27.2 Å². The summed E-state index contributed by atoms with van der Waals surface area (Å²) in [5, 5.41) is 3.13. The quantitative estimate of drug-likeness (QED) is 0.662. The molecule has 0 spiro atoms. The molecule has 1 aromatic rings. The van der Waals surface area contributed by atoms with E-state index in [9.17, 15) is 0 Å². The van der Waals surface area contributed by atoms with Crippen LogP contribution in [0.5, 0.6) is 6.01 Å². The Bertz CT molecular complexity index is 350. The molecule has 1 rings (SSSR count). The molecule has 102 valence electrons. The largest absolute Gasteiger partial charge is 0.463 e. The summed E-state index contributed by atoms with van der Waals surface area (Å²) in [6, 6.07) is 0.287. The van der Waals surface area contributed by atoms with Crippen LogP contribution in [-0.4, -0.2) is 39.6 Å². The van der Waals surface area contributed by atoms with Crippen LogP contribution < -0.4 is 15.8 Å². The lowest BCUT2D eigenvalue weighted by Gasteiger charge is -2.07. The monoisotopic (exact) mass is 271 g/mol. The molecule has 0 saturated carbocycles. The van der Waals surface area contributed by atoms with Crippen LogP contribution in [0.1, 0.15) is 26.7 Å². The zero-order valence-corrected chi connectivity index (χ0v) is 11.8. The van der Waals surface area contributed by atoms with Crippen molar-refractivity contribution < 1.29 is 4.74 Å². The van der Waals surface area contributed by atoms with Gasteiger partial charge in [0.1, 0.15) is 0 Å². The van der Waals surface area contributed by atoms with Crippen LogP contribution in [0, 0.1) is 0 Å². The maximum Gasteiger partial charge on any atom is 0.323 e. The van der Waals surface area contributed by atoms with E-state index in [1.54, 1.807) is 0 Å². The van der Waals surface area contributed by atoms with Crippen molar-refractivity contribution in [2.75, 3.05) is 35.7 Å². The van der Waals surface area contributed by atoms with Crippen LogP contribution in [0.4, 0.5) is 11.9 Å². The number of ether oxygens (including phenoxy) is 1. The van der Waals surface area contributed by atoms with Gasteiger partial charge in [0.25, 0.3) is 0 Å². The van der Waals surface area contributed by atoms with E-state index >= 15 is 0 Å². The van der Waals surface area contributed by atoms with Gasteiger partial charge < -0.3 is 15.8 Å². The molecule has 0 bridgehead atoms. The van der Waals surface area contributed by atoms with Crippen LogP contribution in [0.2, 0.25) is 0 Å². The van der Waals surface area contributed by atoms with Crippen molar-refractivity contribution in [3.63, 3.8) is 0 Å². The fourth-order valence-corrected chi connectivity index (χ4v) is 1.86. The standard InChI is InChI=1S/C11H21N5OS/c1-3-7-17-11-15-9(12)14-10(16-11)13-6-5-8-18-4-2/h3-8H2,1-2H3,(H3,12,13,14,15,16). The Morgan fingerprint density at radius 2 is 2.11 bits per heavy atom. The predicted octanol–water partition coefficient (Wildman–Crippen LogP) is 1.80. The zero-order valence-electron chi connectivity index (χ0n) is 11.0. The molecule has 1 aromatic heterocycles. The predicted molar refractivity (Wildman–Crippen MR) is 76.1 cm³/mol. The highest BCUT2D eigenvalue weighted by molar-refractivity contribution is 7.99. The first kappa shape index (κ1) is 14.8. The summed E-state index contributed by atoms with van der Waals surface area (Å²) in [7, 11) is 0. The number of anilines is 2. The summed E-state index contributed by atoms with van der Waals surface area (Å²) in [6.07, 6.45) is 1.97. The molecule has 0 fully saturated rings. The van der Waals surface area contributed by atoms with Gasteiger partial charge in [-0.3, -0.25) is 0 Å². The summed E-state index contributed by atoms with van der Waals surface area (Å²) >= 11 is 1.92. The number of nitrogens with two attached hydrogens (primary N) is 1. The molecule has 1 heterocycles. The summed E-state index contributed by atoms with van der Waals surface area (Å²) in [6.45, 7) is 5.58. The number of rotatable bonds is 9. The minimum atomic E-state index is 0.182. The van der Waals surface area contributed by atoms with Crippen molar-refractivity contribution in [1.82, 2.24) is 15.0 Å². The van der Waals surface area contributed by atoms with E-state index in [1.807, 2.05) is 18.7 Å². The van der Waals surface area contributed by atoms with Gasteiger partial charge in [-0.25, -0.2) is 0 Å². The molecule has 0 aliphatic carbocycles. The molecule has 0 aliphatic rings. The first-order valence-electron chi connectivity index (χ1n) is 6.22. The molecule has 7 heteroatoms. The number of hydrogen-bond acceptors (Lipinski definition) is 7. The van der Waals surface area contributed by atoms with Crippen LogP contribution in [0.3, 0.4) is 0 Å². The first-order chi connectivity index (χ1) is 8.76. The van der Waals surface area contributed by atoms with Gasteiger partial charge in [-0.05, 0) is 24.3 Å². The molecule has 18 heavy (non-hydrogen) atoms. The topological polar surface area (TPSA) is 86.0 Å². The molecule has 0 unspecified atom stereocenters. The van der Waals surface area contributed by atoms with E-state index in [0.717, 1.165) is 30.9 Å². The number of nitrogens with zero attached hydrogens (tertiary/aromatic N) is 3. The molecule has 0 atom stereocenters. The Balaban J connectivity index is 2.41. The summed E-state index contributed by atoms with van der Waals surface area (Å²) in [5.41, 5.74) is 5.60.